The van der Waals surface area contributed by atoms with Gasteiger partial charge in [-0.25, -0.2) is 9.18 Å². The Morgan fingerprint density at radius 1 is 0.953 bits per heavy atom. The molecule has 8 nitrogen and oxygen atoms in total. The molecule has 1 unspecified atom stereocenters. The molecule has 2 N–H and O–H groups in total. The van der Waals surface area contributed by atoms with Crippen molar-refractivity contribution in [2.75, 3.05) is 13.2 Å². The van der Waals surface area contributed by atoms with Crippen LogP contribution in [-0.2, 0) is 11.4 Å². The monoisotopic (exact) mass is 600 g/mol. The summed E-state index contributed by atoms with van der Waals surface area (Å²) >= 11 is 5.87. The lowest BCUT2D eigenvalue weighted by molar-refractivity contribution is -0.136. The molecule has 4 aromatic carbocycles. The van der Waals surface area contributed by atoms with Gasteiger partial charge < -0.3 is 29.4 Å². The van der Waals surface area contributed by atoms with Gasteiger partial charge in [0.15, 0.2) is 18.1 Å². The predicted molar refractivity (Wildman–Crippen MR) is 157 cm³/mol. The highest BCUT2D eigenvalue weighted by Crippen LogP contribution is 2.45. The van der Waals surface area contributed by atoms with Crippen molar-refractivity contribution in [3.05, 3.63) is 124 Å². The molecule has 0 aliphatic carbocycles. The van der Waals surface area contributed by atoms with Gasteiger partial charge in [-0.1, -0.05) is 35.9 Å². The van der Waals surface area contributed by atoms with Gasteiger partial charge in [-0.2, -0.15) is 5.26 Å². The first-order valence-electron chi connectivity index (χ1n) is 13.3. The molecule has 0 aromatic heterocycles. The van der Waals surface area contributed by atoms with Crippen LogP contribution >= 0.6 is 11.6 Å². The van der Waals surface area contributed by atoms with E-state index in [0.717, 1.165) is 5.56 Å². The summed E-state index contributed by atoms with van der Waals surface area (Å²) in [5.74, 6) is 0.377. The van der Waals surface area contributed by atoms with Gasteiger partial charge in [0.05, 0.1) is 12.5 Å². The second kappa shape index (κ2) is 13.2. The highest BCUT2D eigenvalue weighted by Gasteiger charge is 2.32. The van der Waals surface area contributed by atoms with Gasteiger partial charge in [0.1, 0.15) is 41.3 Å². The number of nitrogens with zero attached hydrogens (tertiary/aromatic N) is 1. The smallest absolute Gasteiger partial charge is 0.349 e. The average Bonchev–Trinajstić information content (AvgIpc) is 3.00. The van der Waals surface area contributed by atoms with Crippen molar-refractivity contribution in [1.29, 1.82) is 5.26 Å². The number of ether oxygens (including phenoxy) is 5. The zero-order valence-electron chi connectivity index (χ0n) is 23.0. The zero-order chi connectivity index (χ0) is 30.3. The molecule has 5 rings (SSSR count). The summed E-state index contributed by atoms with van der Waals surface area (Å²) in [5.41, 5.74) is 8.54. The number of rotatable bonds is 10. The van der Waals surface area contributed by atoms with Crippen molar-refractivity contribution in [3.8, 4) is 34.8 Å². The number of carbonyl (C=O) groups excluding carboxylic acids is 1. The molecule has 0 spiro atoms. The lowest BCUT2D eigenvalue weighted by Crippen LogP contribution is -2.22. The Morgan fingerprint density at radius 3 is 2.42 bits per heavy atom. The van der Waals surface area contributed by atoms with E-state index in [2.05, 4.69) is 6.07 Å². The normalized spacial score (nSPS) is 13.8. The van der Waals surface area contributed by atoms with Crippen molar-refractivity contribution in [2.45, 2.75) is 19.4 Å². The van der Waals surface area contributed by atoms with Crippen LogP contribution in [0.1, 0.15) is 29.5 Å². The Bertz CT molecular complexity index is 1700. The maximum atomic E-state index is 13.3. The van der Waals surface area contributed by atoms with E-state index in [0.29, 0.717) is 45.8 Å². The van der Waals surface area contributed by atoms with Crippen LogP contribution in [0.2, 0.25) is 5.02 Å². The van der Waals surface area contributed by atoms with Gasteiger partial charge in [-0.05, 0) is 72.6 Å². The standard InChI is InChI=1S/C33H26ClFN2O6/c1-2-39-30-15-21(5-14-28(30)41-18-20-3-8-23(35)9-4-20)32-26-13-12-25(16-29(26)43-33(37)27(32)17-36)42-31(38)19-40-24-10-6-22(34)7-11-24/h3-16,32H,2,18-19,37H2,1H3. The lowest BCUT2D eigenvalue weighted by Gasteiger charge is -2.27. The first-order valence-corrected chi connectivity index (χ1v) is 13.7. The van der Waals surface area contributed by atoms with Crippen molar-refractivity contribution >= 4 is 17.6 Å². The van der Waals surface area contributed by atoms with Crippen LogP contribution in [0.25, 0.3) is 0 Å². The van der Waals surface area contributed by atoms with Gasteiger partial charge in [-0.3, -0.25) is 0 Å². The third-order valence-electron chi connectivity index (χ3n) is 6.50. The molecule has 0 bridgehead atoms. The van der Waals surface area contributed by atoms with Gasteiger partial charge in [0.25, 0.3) is 0 Å². The van der Waals surface area contributed by atoms with Crippen LogP contribution in [0.3, 0.4) is 0 Å². The van der Waals surface area contributed by atoms with E-state index >= 15 is 0 Å². The third kappa shape index (κ3) is 7.00. The molecule has 0 fully saturated rings. The maximum absolute atomic E-state index is 13.3. The summed E-state index contributed by atoms with van der Waals surface area (Å²) in [5, 5.41) is 10.5. The number of hydrogen-bond donors (Lipinski definition) is 1. The molecule has 10 heteroatoms. The summed E-state index contributed by atoms with van der Waals surface area (Å²) in [6, 6.07) is 25.0. The van der Waals surface area contributed by atoms with Crippen LogP contribution in [0.15, 0.2) is 96.4 Å². The molecule has 1 aliphatic rings. The number of fused-ring (bicyclic) bond motifs is 1. The number of allylic oxidation sites excluding steroid dienone is 1. The van der Waals surface area contributed by atoms with E-state index in [4.69, 9.17) is 41.0 Å². The fraction of sp³-hybridized carbons (Fsp3) is 0.152. The number of halogens is 2. The van der Waals surface area contributed by atoms with Gasteiger partial charge >= 0.3 is 5.97 Å². The van der Waals surface area contributed by atoms with Crippen LogP contribution in [0.4, 0.5) is 4.39 Å². The lowest BCUT2D eigenvalue weighted by atomic mass is 9.83. The fourth-order valence-electron chi connectivity index (χ4n) is 4.51. The number of benzene rings is 4. The molecule has 0 amide bonds. The molecule has 1 atom stereocenters. The molecular formula is C33H26ClFN2O6. The number of hydrogen-bond acceptors (Lipinski definition) is 8. The quantitative estimate of drug-likeness (QED) is 0.159. The average molecular weight is 601 g/mol. The molecule has 1 aliphatic heterocycles. The van der Waals surface area contributed by atoms with E-state index in [-0.39, 0.29) is 36.2 Å². The highest BCUT2D eigenvalue weighted by atomic mass is 35.5. The first-order chi connectivity index (χ1) is 20.8. The number of nitrogens with two attached hydrogens (primary N) is 1. The maximum Gasteiger partial charge on any atom is 0.349 e. The summed E-state index contributed by atoms with van der Waals surface area (Å²) in [6.45, 7) is 2.11. The zero-order valence-corrected chi connectivity index (χ0v) is 23.8. The van der Waals surface area contributed by atoms with Crippen LogP contribution in [0.5, 0.6) is 28.7 Å². The van der Waals surface area contributed by atoms with Crippen LogP contribution in [-0.4, -0.2) is 19.2 Å². The fourth-order valence-corrected chi connectivity index (χ4v) is 4.64. The van der Waals surface area contributed by atoms with Crippen LogP contribution < -0.4 is 29.4 Å². The summed E-state index contributed by atoms with van der Waals surface area (Å²) < 4.78 is 41.8. The van der Waals surface area contributed by atoms with E-state index in [1.165, 1.54) is 18.2 Å². The van der Waals surface area contributed by atoms with E-state index < -0.39 is 11.9 Å². The van der Waals surface area contributed by atoms with Crippen molar-refractivity contribution in [3.63, 3.8) is 0 Å². The SMILES string of the molecule is CCOc1cc(C2C(C#N)=C(N)Oc3cc(OC(=O)COc4ccc(Cl)cc4)ccc32)ccc1OCc1ccc(F)cc1. The summed E-state index contributed by atoms with van der Waals surface area (Å²) in [4.78, 5) is 12.4. The van der Waals surface area contributed by atoms with Crippen molar-refractivity contribution in [2.24, 2.45) is 5.73 Å². The van der Waals surface area contributed by atoms with E-state index in [1.54, 1.807) is 60.7 Å². The van der Waals surface area contributed by atoms with Gasteiger partial charge in [0.2, 0.25) is 5.88 Å². The molecule has 4 aromatic rings. The predicted octanol–water partition coefficient (Wildman–Crippen LogP) is 6.66. The summed E-state index contributed by atoms with van der Waals surface area (Å²) in [7, 11) is 0. The van der Waals surface area contributed by atoms with Gasteiger partial charge in [-0.15, -0.1) is 0 Å². The Kier molecular flexibility index (Phi) is 8.99. The minimum Gasteiger partial charge on any atom is -0.490 e. The second-order valence-electron chi connectivity index (χ2n) is 9.40. The molecule has 43 heavy (non-hydrogen) atoms. The van der Waals surface area contributed by atoms with Crippen molar-refractivity contribution < 1.29 is 32.9 Å². The topological polar surface area (TPSA) is 113 Å². The number of nitriles is 1. The largest absolute Gasteiger partial charge is 0.490 e. The van der Waals surface area contributed by atoms with E-state index in [9.17, 15) is 14.4 Å². The number of esters is 1. The Morgan fingerprint density at radius 2 is 1.70 bits per heavy atom. The Labute approximate surface area is 252 Å². The second-order valence-corrected chi connectivity index (χ2v) is 9.83. The molecule has 1 heterocycles. The molecular weight excluding hydrogens is 575 g/mol. The highest BCUT2D eigenvalue weighted by molar-refractivity contribution is 6.30. The van der Waals surface area contributed by atoms with Crippen molar-refractivity contribution in [1.82, 2.24) is 0 Å². The molecule has 0 radical (unpaired) electrons. The van der Waals surface area contributed by atoms with E-state index in [1.807, 2.05) is 13.0 Å². The minimum absolute atomic E-state index is 0.0656. The van der Waals surface area contributed by atoms with Crippen LogP contribution in [0, 0.1) is 17.1 Å². The minimum atomic E-state index is -0.624. The Hall–Kier alpha value is -5.20. The summed E-state index contributed by atoms with van der Waals surface area (Å²) in [6.07, 6.45) is 0. The molecule has 218 valence electrons. The third-order valence-corrected chi connectivity index (χ3v) is 6.75. The first kappa shape index (κ1) is 29.3. The molecule has 0 saturated heterocycles. The number of carbonyl (C=O) groups is 1. The van der Waals surface area contributed by atoms with Gasteiger partial charge in [0, 0.05) is 16.7 Å². The molecule has 0 saturated carbocycles. The Balaban J connectivity index is 1.36.